The van der Waals surface area contributed by atoms with E-state index in [0.29, 0.717) is 13.0 Å². The first kappa shape index (κ1) is 32.3. The highest BCUT2D eigenvalue weighted by Crippen LogP contribution is 2.52. The van der Waals surface area contributed by atoms with E-state index in [1.54, 1.807) is 6.92 Å². The van der Waals surface area contributed by atoms with Crippen molar-refractivity contribution in [3.8, 4) is 6.07 Å². The van der Waals surface area contributed by atoms with Gasteiger partial charge < -0.3 is 16.0 Å². The monoisotopic (exact) mass is 630 g/mol. The average Bonchev–Trinajstić information content (AvgIpc) is 3.23. The highest BCUT2D eigenvalue weighted by atomic mass is 35.5. The van der Waals surface area contributed by atoms with Gasteiger partial charge in [0.1, 0.15) is 22.9 Å². The molecular formula is C32H31Cl2F3N4O2. The standard InChI is InChI=1S/C32H31Cl2F3N4O2/c1-5-39-29(42)19-11-10-18(14-23(19)35)40-30(43)28-26(20-7-6-8-22(34)27(20)37)32(16-38,25(41-28)15-31(2,3)4)21-12-9-17(33)13-24(21)36/h6-14,25-26,28,41H,5,15H2,1-4H3,(H,39,42)(H,40,43). The van der Waals surface area contributed by atoms with Gasteiger partial charge in [-0.05, 0) is 60.7 Å². The van der Waals surface area contributed by atoms with E-state index < -0.39 is 58.1 Å². The lowest BCUT2D eigenvalue weighted by Gasteiger charge is -2.37. The van der Waals surface area contributed by atoms with Crippen molar-refractivity contribution >= 4 is 40.7 Å². The molecule has 4 atom stereocenters. The molecule has 3 N–H and O–H groups in total. The molecule has 0 saturated carbocycles. The molecular weight excluding hydrogens is 600 g/mol. The summed E-state index contributed by atoms with van der Waals surface area (Å²) in [6.45, 7) is 7.78. The highest BCUT2D eigenvalue weighted by molar-refractivity contribution is 6.31. The number of hydrogen-bond acceptors (Lipinski definition) is 4. The third-order valence-corrected chi connectivity index (χ3v) is 8.08. The van der Waals surface area contributed by atoms with Crippen molar-refractivity contribution in [2.45, 2.75) is 57.5 Å². The van der Waals surface area contributed by atoms with E-state index in [0.717, 1.165) is 12.1 Å². The lowest BCUT2D eigenvalue weighted by Crippen LogP contribution is -2.45. The fourth-order valence-corrected chi connectivity index (χ4v) is 6.15. The van der Waals surface area contributed by atoms with Crippen molar-refractivity contribution in [3.63, 3.8) is 0 Å². The van der Waals surface area contributed by atoms with Crippen LogP contribution in [0.15, 0.2) is 54.6 Å². The van der Waals surface area contributed by atoms with Crippen molar-refractivity contribution < 1.29 is 22.8 Å². The Hall–Kier alpha value is -3.58. The molecule has 1 saturated heterocycles. The lowest BCUT2D eigenvalue weighted by atomic mass is 9.62. The van der Waals surface area contributed by atoms with Crippen molar-refractivity contribution in [1.29, 1.82) is 5.26 Å². The van der Waals surface area contributed by atoms with Crippen LogP contribution in [0.4, 0.5) is 18.9 Å². The van der Waals surface area contributed by atoms with Gasteiger partial charge >= 0.3 is 0 Å². The molecule has 0 spiro atoms. The molecule has 1 fully saturated rings. The van der Waals surface area contributed by atoms with Crippen LogP contribution in [-0.2, 0) is 10.2 Å². The van der Waals surface area contributed by atoms with Gasteiger partial charge in [-0.1, -0.05) is 62.2 Å². The van der Waals surface area contributed by atoms with Gasteiger partial charge in [0.05, 0.1) is 22.7 Å². The molecule has 3 aromatic carbocycles. The molecule has 3 aromatic rings. The molecule has 43 heavy (non-hydrogen) atoms. The Kier molecular flexibility index (Phi) is 9.45. The zero-order valence-corrected chi connectivity index (χ0v) is 25.5. The van der Waals surface area contributed by atoms with E-state index in [-0.39, 0.29) is 32.4 Å². The summed E-state index contributed by atoms with van der Waals surface area (Å²) >= 11 is 12.2. The molecule has 226 valence electrons. The topological polar surface area (TPSA) is 94.0 Å². The molecule has 0 radical (unpaired) electrons. The van der Waals surface area contributed by atoms with Crippen molar-refractivity contribution in [3.05, 3.63) is 98.8 Å². The smallest absolute Gasteiger partial charge is 0.254 e. The van der Waals surface area contributed by atoms with Gasteiger partial charge in [0, 0.05) is 34.8 Å². The Morgan fingerprint density at radius 2 is 1.77 bits per heavy atom. The third-order valence-electron chi connectivity index (χ3n) is 7.55. The third kappa shape index (κ3) is 6.37. The normalized spacial score (nSPS) is 21.7. The van der Waals surface area contributed by atoms with E-state index in [4.69, 9.17) is 23.2 Å². The van der Waals surface area contributed by atoms with Crippen LogP contribution in [0.5, 0.6) is 0 Å². The van der Waals surface area contributed by atoms with E-state index >= 15 is 8.78 Å². The number of nitrogens with zero attached hydrogens (tertiary/aromatic N) is 1. The van der Waals surface area contributed by atoms with E-state index in [2.05, 4.69) is 22.0 Å². The predicted octanol–water partition coefficient (Wildman–Crippen LogP) is 7.12. The van der Waals surface area contributed by atoms with Crippen LogP contribution in [-0.4, -0.2) is 30.4 Å². The average molecular weight is 632 g/mol. The Bertz CT molecular complexity index is 1600. The van der Waals surface area contributed by atoms with Gasteiger partial charge in [-0.2, -0.15) is 5.26 Å². The molecule has 0 bridgehead atoms. The maximum absolute atomic E-state index is 15.8. The minimum Gasteiger partial charge on any atom is -0.352 e. The number of halogens is 5. The molecule has 1 aliphatic heterocycles. The van der Waals surface area contributed by atoms with Crippen LogP contribution in [0, 0.1) is 34.2 Å². The first-order valence-corrected chi connectivity index (χ1v) is 14.4. The maximum atomic E-state index is 15.8. The van der Waals surface area contributed by atoms with E-state index in [1.165, 1.54) is 42.5 Å². The van der Waals surface area contributed by atoms with Crippen LogP contribution in [0.25, 0.3) is 0 Å². The van der Waals surface area contributed by atoms with Gasteiger partial charge in [-0.3, -0.25) is 9.59 Å². The number of amides is 2. The van der Waals surface area contributed by atoms with Crippen molar-refractivity contribution in [2.75, 3.05) is 11.9 Å². The summed E-state index contributed by atoms with van der Waals surface area (Å²) in [4.78, 5) is 26.1. The van der Waals surface area contributed by atoms with Crippen molar-refractivity contribution in [1.82, 2.24) is 10.6 Å². The Morgan fingerprint density at radius 3 is 2.37 bits per heavy atom. The number of anilines is 1. The summed E-state index contributed by atoms with van der Waals surface area (Å²) in [5.74, 6) is -5.11. The van der Waals surface area contributed by atoms with Gasteiger partial charge in [0.25, 0.3) is 5.91 Å². The first-order chi connectivity index (χ1) is 20.2. The van der Waals surface area contributed by atoms with Gasteiger partial charge in [-0.15, -0.1) is 0 Å². The Labute approximate surface area is 258 Å². The molecule has 0 aliphatic carbocycles. The number of hydrogen-bond donors (Lipinski definition) is 3. The fourth-order valence-electron chi connectivity index (χ4n) is 5.81. The Morgan fingerprint density at radius 1 is 1.05 bits per heavy atom. The SMILES string of the molecule is CCNC(=O)c1ccc(NC(=O)C2NC(CC(C)(C)C)C(C#N)(c3ccc(Cl)cc3F)C2c2cccc(Cl)c2F)cc1F. The highest BCUT2D eigenvalue weighted by Gasteiger charge is 2.61. The number of carbonyl (C=O) groups is 2. The van der Waals surface area contributed by atoms with Crippen LogP contribution in [0.1, 0.15) is 61.5 Å². The molecule has 4 unspecified atom stereocenters. The second-order valence-electron chi connectivity index (χ2n) is 11.7. The second kappa shape index (κ2) is 12.6. The summed E-state index contributed by atoms with van der Waals surface area (Å²) in [5, 5.41) is 19.1. The summed E-state index contributed by atoms with van der Waals surface area (Å²) in [5.41, 5.74) is -2.51. The summed E-state index contributed by atoms with van der Waals surface area (Å²) in [7, 11) is 0. The molecule has 11 heteroatoms. The zero-order valence-electron chi connectivity index (χ0n) is 24.0. The molecule has 1 heterocycles. The minimum absolute atomic E-state index is 0.0298. The summed E-state index contributed by atoms with van der Waals surface area (Å²) < 4.78 is 46.3. The summed E-state index contributed by atoms with van der Waals surface area (Å²) in [6, 6.07) is 11.8. The number of nitrogens with one attached hydrogen (secondary N) is 3. The molecule has 1 aliphatic rings. The molecule has 2 amide bonds. The fraction of sp³-hybridized carbons (Fsp3) is 0.344. The van der Waals surface area contributed by atoms with Gasteiger partial charge in [-0.25, -0.2) is 13.2 Å². The van der Waals surface area contributed by atoms with E-state index in [9.17, 15) is 19.2 Å². The van der Waals surface area contributed by atoms with Crippen LogP contribution in [0.2, 0.25) is 10.0 Å². The lowest BCUT2D eigenvalue weighted by molar-refractivity contribution is -0.118. The van der Waals surface area contributed by atoms with Gasteiger partial charge in [0.15, 0.2) is 0 Å². The van der Waals surface area contributed by atoms with Gasteiger partial charge in [0.2, 0.25) is 5.91 Å². The predicted molar refractivity (Wildman–Crippen MR) is 161 cm³/mol. The largest absolute Gasteiger partial charge is 0.352 e. The molecule has 0 aromatic heterocycles. The maximum Gasteiger partial charge on any atom is 0.254 e. The Balaban J connectivity index is 1.89. The quantitative estimate of drug-likeness (QED) is 0.259. The first-order valence-electron chi connectivity index (χ1n) is 13.7. The number of nitriles is 1. The van der Waals surface area contributed by atoms with Crippen molar-refractivity contribution in [2.24, 2.45) is 5.41 Å². The molecule has 6 nitrogen and oxygen atoms in total. The minimum atomic E-state index is -1.80. The number of carbonyl (C=O) groups excluding carboxylic acids is 2. The van der Waals surface area contributed by atoms with Crippen LogP contribution in [0.3, 0.4) is 0 Å². The number of benzene rings is 3. The zero-order chi connectivity index (χ0) is 31.7. The van der Waals surface area contributed by atoms with Crippen LogP contribution < -0.4 is 16.0 Å². The number of rotatable bonds is 7. The van der Waals surface area contributed by atoms with Crippen LogP contribution >= 0.6 is 23.2 Å². The molecule has 4 rings (SSSR count). The van der Waals surface area contributed by atoms with E-state index in [1.807, 2.05) is 20.8 Å². The second-order valence-corrected chi connectivity index (χ2v) is 12.6. The summed E-state index contributed by atoms with van der Waals surface area (Å²) in [6.07, 6.45) is 0.293.